The van der Waals surface area contributed by atoms with Crippen molar-refractivity contribution in [3.05, 3.63) is 34.2 Å². The van der Waals surface area contributed by atoms with E-state index >= 15 is 0 Å². The van der Waals surface area contributed by atoms with Crippen molar-refractivity contribution in [2.24, 2.45) is 0 Å². The first-order valence-corrected chi connectivity index (χ1v) is 6.76. The molecule has 2 aromatic heterocycles. The molecular weight excluding hydrogens is 347 g/mol. The second-order valence-electron chi connectivity index (χ2n) is 3.48. The van der Waals surface area contributed by atoms with Gasteiger partial charge in [-0.25, -0.2) is 15.0 Å². The van der Waals surface area contributed by atoms with Crippen LogP contribution in [0.5, 0.6) is 0 Å². The first kappa shape index (κ1) is 10.8. The maximum atomic E-state index is 5.83. The van der Waals surface area contributed by atoms with Gasteiger partial charge in [0.2, 0.25) is 0 Å². The minimum atomic E-state index is 0.685. The molecule has 0 saturated heterocycles. The predicted molar refractivity (Wildman–Crippen MR) is 77.8 cm³/mol. The highest BCUT2D eigenvalue weighted by Crippen LogP contribution is 2.30. The molecule has 1 aromatic carbocycles. The number of rotatable bonds is 1. The molecule has 0 amide bonds. The number of benzene rings is 1. The summed E-state index contributed by atoms with van der Waals surface area (Å²) in [5, 5.41) is 0.899. The molecule has 4 nitrogen and oxygen atoms in total. The minimum absolute atomic E-state index is 0.685. The van der Waals surface area contributed by atoms with E-state index in [1.54, 1.807) is 12.4 Å². The standard InChI is InChI=1S/C11H7IN4S/c12-7-3-6(4-8(13)5-7)10-16-9-11(17-10)15-2-1-14-9/h1-5H,13H2. The Bertz CT molecular complexity index is 642. The molecule has 0 fully saturated rings. The van der Waals surface area contributed by atoms with Crippen molar-refractivity contribution >= 4 is 50.1 Å². The summed E-state index contributed by atoms with van der Waals surface area (Å²) in [6.07, 6.45) is 3.32. The first-order chi connectivity index (χ1) is 8.22. The molecule has 0 unspecified atom stereocenters. The van der Waals surface area contributed by atoms with E-state index in [1.165, 1.54) is 11.3 Å². The van der Waals surface area contributed by atoms with Crippen molar-refractivity contribution in [2.75, 3.05) is 5.73 Å². The van der Waals surface area contributed by atoms with Crippen molar-refractivity contribution in [2.45, 2.75) is 0 Å². The molecule has 84 valence electrons. The summed E-state index contributed by atoms with van der Waals surface area (Å²) < 4.78 is 1.10. The van der Waals surface area contributed by atoms with E-state index in [0.29, 0.717) is 5.65 Å². The van der Waals surface area contributed by atoms with Crippen LogP contribution in [0, 0.1) is 3.57 Å². The molecule has 6 heteroatoms. The van der Waals surface area contributed by atoms with Gasteiger partial charge in [-0.2, -0.15) is 0 Å². The highest BCUT2D eigenvalue weighted by Gasteiger charge is 2.08. The fraction of sp³-hybridized carbons (Fsp3) is 0. The molecule has 0 radical (unpaired) electrons. The van der Waals surface area contributed by atoms with Crippen molar-refractivity contribution < 1.29 is 0 Å². The first-order valence-electron chi connectivity index (χ1n) is 4.86. The van der Waals surface area contributed by atoms with Gasteiger partial charge in [-0.05, 0) is 40.8 Å². The molecule has 0 saturated carbocycles. The number of nitrogens with two attached hydrogens (primary N) is 1. The van der Waals surface area contributed by atoms with Crippen LogP contribution in [0.2, 0.25) is 0 Å². The number of fused-ring (bicyclic) bond motifs is 1. The molecule has 3 aromatic rings. The lowest BCUT2D eigenvalue weighted by atomic mass is 10.2. The number of aromatic nitrogens is 3. The van der Waals surface area contributed by atoms with Gasteiger partial charge in [0.05, 0.1) is 0 Å². The monoisotopic (exact) mass is 354 g/mol. The third-order valence-corrected chi connectivity index (χ3v) is 3.84. The van der Waals surface area contributed by atoms with E-state index in [-0.39, 0.29) is 0 Å². The van der Waals surface area contributed by atoms with Crippen LogP contribution < -0.4 is 5.73 Å². The Kier molecular flexibility index (Phi) is 2.67. The van der Waals surface area contributed by atoms with Crippen molar-refractivity contribution in [3.63, 3.8) is 0 Å². The summed E-state index contributed by atoms with van der Waals surface area (Å²) in [5.74, 6) is 0. The average Bonchev–Trinajstić information content (AvgIpc) is 2.71. The Hall–Kier alpha value is -1.28. The van der Waals surface area contributed by atoms with Gasteiger partial charge in [0.1, 0.15) is 5.01 Å². The Morgan fingerprint density at radius 3 is 2.71 bits per heavy atom. The number of thiazole rings is 1. The van der Waals surface area contributed by atoms with Crippen LogP contribution in [0.1, 0.15) is 0 Å². The lowest BCUT2D eigenvalue weighted by Crippen LogP contribution is -1.87. The zero-order valence-corrected chi connectivity index (χ0v) is 11.6. The van der Waals surface area contributed by atoms with E-state index in [0.717, 1.165) is 24.7 Å². The molecule has 0 aliphatic heterocycles. The van der Waals surface area contributed by atoms with Crippen LogP contribution >= 0.6 is 33.9 Å². The summed E-state index contributed by atoms with van der Waals surface area (Å²) in [4.78, 5) is 13.7. The summed E-state index contributed by atoms with van der Waals surface area (Å²) in [6, 6.07) is 5.89. The van der Waals surface area contributed by atoms with E-state index in [1.807, 2.05) is 12.1 Å². The predicted octanol–water partition coefficient (Wildman–Crippen LogP) is 2.94. The zero-order chi connectivity index (χ0) is 11.8. The average molecular weight is 354 g/mol. The molecular formula is C11H7IN4S. The van der Waals surface area contributed by atoms with Crippen LogP contribution in [0.25, 0.3) is 21.0 Å². The lowest BCUT2D eigenvalue weighted by Gasteiger charge is -1.99. The molecule has 3 rings (SSSR count). The highest BCUT2D eigenvalue weighted by molar-refractivity contribution is 14.1. The van der Waals surface area contributed by atoms with Crippen LogP contribution in [0.15, 0.2) is 30.6 Å². The van der Waals surface area contributed by atoms with Gasteiger partial charge in [-0.15, -0.1) is 0 Å². The van der Waals surface area contributed by atoms with Crippen LogP contribution in [-0.2, 0) is 0 Å². The van der Waals surface area contributed by atoms with Gasteiger partial charge in [0.15, 0.2) is 10.5 Å². The minimum Gasteiger partial charge on any atom is -0.399 e. The summed E-state index contributed by atoms with van der Waals surface area (Å²) in [5.41, 5.74) is 8.27. The smallest absolute Gasteiger partial charge is 0.190 e. The van der Waals surface area contributed by atoms with Gasteiger partial charge < -0.3 is 5.73 Å². The molecule has 0 aliphatic carbocycles. The third kappa shape index (κ3) is 2.09. The molecule has 2 N–H and O–H groups in total. The number of nitrogen functional groups attached to an aromatic ring is 1. The summed E-state index contributed by atoms with van der Waals surface area (Å²) in [7, 11) is 0. The topological polar surface area (TPSA) is 64.7 Å². The van der Waals surface area contributed by atoms with Crippen molar-refractivity contribution in [1.82, 2.24) is 15.0 Å². The van der Waals surface area contributed by atoms with E-state index < -0.39 is 0 Å². The largest absolute Gasteiger partial charge is 0.399 e. The summed E-state index contributed by atoms with van der Waals surface area (Å²) in [6.45, 7) is 0. The van der Waals surface area contributed by atoms with Gasteiger partial charge in [-0.3, -0.25) is 0 Å². The molecule has 0 spiro atoms. The molecule has 2 heterocycles. The van der Waals surface area contributed by atoms with Gasteiger partial charge in [0.25, 0.3) is 0 Å². The number of halogens is 1. The highest BCUT2D eigenvalue weighted by atomic mass is 127. The number of hydrogen-bond acceptors (Lipinski definition) is 5. The van der Waals surface area contributed by atoms with Crippen molar-refractivity contribution in [1.29, 1.82) is 0 Å². The number of anilines is 1. The lowest BCUT2D eigenvalue weighted by molar-refractivity contribution is 1.26. The third-order valence-electron chi connectivity index (χ3n) is 2.21. The maximum Gasteiger partial charge on any atom is 0.190 e. The van der Waals surface area contributed by atoms with Crippen molar-refractivity contribution in [3.8, 4) is 10.6 Å². The van der Waals surface area contributed by atoms with E-state index in [9.17, 15) is 0 Å². The number of nitrogens with zero attached hydrogens (tertiary/aromatic N) is 3. The molecule has 0 bridgehead atoms. The fourth-order valence-corrected chi connectivity index (χ4v) is 3.09. The Morgan fingerprint density at radius 1 is 1.12 bits per heavy atom. The SMILES string of the molecule is Nc1cc(I)cc(-c2nc3nccnc3s2)c1. The van der Waals surface area contributed by atoms with E-state index in [4.69, 9.17) is 5.73 Å². The van der Waals surface area contributed by atoms with Gasteiger partial charge >= 0.3 is 0 Å². The normalized spacial score (nSPS) is 10.9. The fourth-order valence-electron chi connectivity index (χ4n) is 1.54. The second-order valence-corrected chi connectivity index (χ2v) is 5.70. The number of hydrogen-bond donors (Lipinski definition) is 1. The van der Waals surface area contributed by atoms with Gasteiger partial charge in [-0.1, -0.05) is 11.3 Å². The Balaban J connectivity index is 2.20. The quantitative estimate of drug-likeness (QED) is 0.539. The van der Waals surface area contributed by atoms with E-state index in [2.05, 4.69) is 43.6 Å². The van der Waals surface area contributed by atoms with Crippen LogP contribution in [0.3, 0.4) is 0 Å². The molecule has 0 aliphatic rings. The molecule has 17 heavy (non-hydrogen) atoms. The molecule has 0 atom stereocenters. The Morgan fingerprint density at radius 2 is 1.94 bits per heavy atom. The summed E-state index contributed by atoms with van der Waals surface area (Å²) >= 11 is 3.77. The zero-order valence-electron chi connectivity index (χ0n) is 8.59. The second kappa shape index (κ2) is 4.19. The Labute approximate surface area is 115 Å². The van der Waals surface area contributed by atoms with Crippen LogP contribution in [-0.4, -0.2) is 15.0 Å². The van der Waals surface area contributed by atoms with Gasteiger partial charge in [0, 0.05) is 27.2 Å². The maximum absolute atomic E-state index is 5.83. The van der Waals surface area contributed by atoms with Crippen LogP contribution in [0.4, 0.5) is 5.69 Å².